The summed E-state index contributed by atoms with van der Waals surface area (Å²) in [6, 6.07) is 14.1. The van der Waals surface area contributed by atoms with Gasteiger partial charge in [0, 0.05) is 10.5 Å². The molecular weight excluding hydrogens is 417 g/mol. The zero-order chi connectivity index (χ0) is 21.7. The SMILES string of the molecule is CSc1ccc(-n2nc(C(F)(F)F)cc2-c2ccc(OCCNC(N)=O)cc2)cc1. The molecule has 0 spiro atoms. The molecule has 10 heteroatoms. The van der Waals surface area contributed by atoms with Crippen LogP contribution in [0.3, 0.4) is 0 Å². The summed E-state index contributed by atoms with van der Waals surface area (Å²) in [5, 5.41) is 6.18. The summed E-state index contributed by atoms with van der Waals surface area (Å²) >= 11 is 1.54. The fourth-order valence-corrected chi connectivity index (χ4v) is 3.12. The number of nitrogens with zero attached hydrogens (tertiary/aromatic N) is 2. The highest BCUT2D eigenvalue weighted by molar-refractivity contribution is 7.98. The van der Waals surface area contributed by atoms with Crippen molar-refractivity contribution in [2.75, 3.05) is 19.4 Å². The highest BCUT2D eigenvalue weighted by atomic mass is 32.2. The number of ether oxygens (including phenoxy) is 1. The number of primary amides is 1. The molecule has 0 aliphatic carbocycles. The Labute approximate surface area is 175 Å². The van der Waals surface area contributed by atoms with E-state index in [9.17, 15) is 18.0 Å². The lowest BCUT2D eigenvalue weighted by Gasteiger charge is -2.10. The molecule has 0 bridgehead atoms. The maximum Gasteiger partial charge on any atom is 0.435 e. The Bertz CT molecular complexity index is 1000. The number of carbonyl (C=O) groups is 1. The number of nitrogens with two attached hydrogens (primary N) is 1. The van der Waals surface area contributed by atoms with E-state index in [4.69, 9.17) is 10.5 Å². The van der Waals surface area contributed by atoms with E-state index in [1.54, 1.807) is 48.2 Å². The number of urea groups is 1. The van der Waals surface area contributed by atoms with Gasteiger partial charge < -0.3 is 15.8 Å². The fraction of sp³-hybridized carbons (Fsp3) is 0.200. The van der Waals surface area contributed by atoms with Gasteiger partial charge in [-0.05, 0) is 60.9 Å². The average molecular weight is 436 g/mol. The quantitative estimate of drug-likeness (QED) is 0.427. The van der Waals surface area contributed by atoms with Crippen LogP contribution in [0.5, 0.6) is 5.75 Å². The van der Waals surface area contributed by atoms with Gasteiger partial charge in [0.15, 0.2) is 5.69 Å². The van der Waals surface area contributed by atoms with Crippen LogP contribution in [0.2, 0.25) is 0 Å². The van der Waals surface area contributed by atoms with Crippen LogP contribution in [0.15, 0.2) is 59.5 Å². The second kappa shape index (κ2) is 9.12. The Balaban J connectivity index is 1.88. The van der Waals surface area contributed by atoms with Gasteiger partial charge in [-0.15, -0.1) is 11.8 Å². The number of amides is 2. The van der Waals surface area contributed by atoms with Gasteiger partial charge in [0.2, 0.25) is 0 Å². The Morgan fingerprint density at radius 1 is 1.17 bits per heavy atom. The second-order valence-electron chi connectivity index (χ2n) is 6.19. The minimum atomic E-state index is -4.56. The maximum absolute atomic E-state index is 13.3. The average Bonchev–Trinajstić information content (AvgIpc) is 3.17. The van der Waals surface area contributed by atoms with E-state index in [0.29, 0.717) is 22.7 Å². The third kappa shape index (κ3) is 5.26. The zero-order valence-electron chi connectivity index (χ0n) is 15.9. The minimum absolute atomic E-state index is 0.209. The number of aromatic nitrogens is 2. The van der Waals surface area contributed by atoms with Gasteiger partial charge in [-0.25, -0.2) is 9.48 Å². The van der Waals surface area contributed by atoms with Gasteiger partial charge in [0.25, 0.3) is 0 Å². The van der Waals surface area contributed by atoms with E-state index < -0.39 is 17.9 Å². The molecule has 3 N–H and O–H groups in total. The number of rotatable bonds is 7. The lowest BCUT2D eigenvalue weighted by atomic mass is 10.1. The molecule has 0 unspecified atom stereocenters. The van der Waals surface area contributed by atoms with Crippen LogP contribution in [-0.4, -0.2) is 35.2 Å². The third-order valence-electron chi connectivity index (χ3n) is 4.14. The molecule has 6 nitrogen and oxygen atoms in total. The molecule has 3 rings (SSSR count). The Morgan fingerprint density at radius 3 is 2.40 bits per heavy atom. The molecule has 2 aromatic carbocycles. The van der Waals surface area contributed by atoms with Gasteiger partial charge in [-0.2, -0.15) is 18.3 Å². The number of hydrogen-bond acceptors (Lipinski definition) is 4. The molecule has 0 aliphatic heterocycles. The number of alkyl halides is 3. The highest BCUT2D eigenvalue weighted by Crippen LogP contribution is 2.34. The molecule has 30 heavy (non-hydrogen) atoms. The molecule has 0 radical (unpaired) electrons. The molecule has 0 aliphatic rings. The zero-order valence-corrected chi connectivity index (χ0v) is 16.8. The van der Waals surface area contributed by atoms with Crippen LogP contribution >= 0.6 is 11.8 Å². The van der Waals surface area contributed by atoms with Gasteiger partial charge in [0.05, 0.1) is 17.9 Å². The molecule has 1 heterocycles. The molecule has 3 aromatic rings. The molecule has 2 amide bonds. The monoisotopic (exact) mass is 436 g/mol. The van der Waals surface area contributed by atoms with Crippen molar-refractivity contribution in [1.29, 1.82) is 0 Å². The fourth-order valence-electron chi connectivity index (χ4n) is 2.71. The van der Waals surface area contributed by atoms with E-state index >= 15 is 0 Å². The van der Waals surface area contributed by atoms with Crippen molar-refractivity contribution in [2.24, 2.45) is 5.73 Å². The van der Waals surface area contributed by atoms with Crippen molar-refractivity contribution in [2.45, 2.75) is 11.1 Å². The summed E-state index contributed by atoms with van der Waals surface area (Å²) in [5.74, 6) is 0.511. The van der Waals surface area contributed by atoms with Crippen LogP contribution in [-0.2, 0) is 6.18 Å². The predicted octanol–water partition coefficient (Wildman–Crippen LogP) is 4.33. The number of hydrogen-bond donors (Lipinski definition) is 2. The van der Waals surface area contributed by atoms with Gasteiger partial charge in [0.1, 0.15) is 12.4 Å². The molecule has 0 saturated carbocycles. The van der Waals surface area contributed by atoms with Gasteiger partial charge in [-0.3, -0.25) is 0 Å². The molecule has 0 fully saturated rings. The molecule has 0 atom stereocenters. The smallest absolute Gasteiger partial charge is 0.435 e. The van der Waals surface area contributed by atoms with E-state index in [2.05, 4.69) is 10.4 Å². The summed E-state index contributed by atoms with van der Waals surface area (Å²) < 4.78 is 46.6. The molecule has 158 valence electrons. The van der Waals surface area contributed by atoms with E-state index in [1.165, 1.54) is 4.68 Å². The first kappa shape index (κ1) is 21.6. The third-order valence-corrected chi connectivity index (χ3v) is 4.88. The second-order valence-corrected chi connectivity index (χ2v) is 7.07. The molecule has 0 saturated heterocycles. The largest absolute Gasteiger partial charge is 0.492 e. The van der Waals surface area contributed by atoms with Crippen LogP contribution in [0, 0.1) is 0 Å². The van der Waals surface area contributed by atoms with Crippen LogP contribution in [0.1, 0.15) is 5.69 Å². The highest BCUT2D eigenvalue weighted by Gasteiger charge is 2.35. The van der Waals surface area contributed by atoms with Crippen molar-refractivity contribution in [3.05, 3.63) is 60.3 Å². The Hall–Kier alpha value is -3.14. The van der Waals surface area contributed by atoms with Crippen molar-refractivity contribution < 1.29 is 22.7 Å². The lowest BCUT2D eigenvalue weighted by molar-refractivity contribution is -0.141. The Kier molecular flexibility index (Phi) is 6.56. The first-order valence-corrected chi connectivity index (χ1v) is 10.1. The predicted molar refractivity (Wildman–Crippen MR) is 109 cm³/mol. The van der Waals surface area contributed by atoms with Gasteiger partial charge >= 0.3 is 12.2 Å². The van der Waals surface area contributed by atoms with E-state index in [-0.39, 0.29) is 13.2 Å². The summed E-state index contributed by atoms with van der Waals surface area (Å²) in [7, 11) is 0. The lowest BCUT2D eigenvalue weighted by Crippen LogP contribution is -2.32. The van der Waals surface area contributed by atoms with E-state index in [0.717, 1.165) is 11.0 Å². The van der Waals surface area contributed by atoms with Crippen molar-refractivity contribution in [3.8, 4) is 22.7 Å². The number of nitrogens with one attached hydrogen (secondary N) is 1. The number of benzene rings is 2. The van der Waals surface area contributed by atoms with Crippen molar-refractivity contribution in [1.82, 2.24) is 15.1 Å². The molecule has 1 aromatic heterocycles. The normalized spacial score (nSPS) is 11.3. The Morgan fingerprint density at radius 2 is 1.83 bits per heavy atom. The van der Waals surface area contributed by atoms with Crippen LogP contribution < -0.4 is 15.8 Å². The number of thioether (sulfide) groups is 1. The number of halogens is 3. The summed E-state index contributed by atoms with van der Waals surface area (Å²) in [4.78, 5) is 11.6. The minimum Gasteiger partial charge on any atom is -0.492 e. The van der Waals surface area contributed by atoms with E-state index in [1.807, 2.05) is 18.4 Å². The topological polar surface area (TPSA) is 82.2 Å². The summed E-state index contributed by atoms with van der Waals surface area (Å²) in [6.07, 6.45) is -2.64. The summed E-state index contributed by atoms with van der Waals surface area (Å²) in [5.41, 5.74) is 5.39. The van der Waals surface area contributed by atoms with Crippen LogP contribution in [0.25, 0.3) is 16.9 Å². The van der Waals surface area contributed by atoms with Crippen molar-refractivity contribution in [3.63, 3.8) is 0 Å². The molecular formula is C20H19F3N4O2S. The first-order chi connectivity index (χ1) is 14.3. The summed E-state index contributed by atoms with van der Waals surface area (Å²) in [6.45, 7) is 0.449. The first-order valence-electron chi connectivity index (χ1n) is 8.86. The standard InChI is InChI=1S/C20H19F3N4O2S/c1-30-16-8-4-14(5-9-16)27-17(12-18(26-27)20(21,22)23)13-2-6-15(7-3-13)29-11-10-25-19(24)28/h2-9,12H,10-11H2,1H3,(H3,24,25,28). The maximum atomic E-state index is 13.3. The van der Waals surface area contributed by atoms with Crippen molar-refractivity contribution >= 4 is 17.8 Å². The van der Waals surface area contributed by atoms with Crippen LogP contribution in [0.4, 0.5) is 18.0 Å². The van der Waals surface area contributed by atoms with Gasteiger partial charge in [-0.1, -0.05) is 0 Å². The number of carbonyl (C=O) groups excluding carboxylic acids is 1.